The van der Waals surface area contributed by atoms with Crippen LogP contribution in [0.1, 0.15) is 9.67 Å². The lowest BCUT2D eigenvalue weighted by Crippen LogP contribution is -2.24. The van der Waals surface area contributed by atoms with Crippen LogP contribution >= 0.6 is 11.5 Å². The van der Waals surface area contributed by atoms with Crippen LogP contribution in [0.3, 0.4) is 0 Å². The van der Waals surface area contributed by atoms with Crippen LogP contribution in [-0.2, 0) is 4.84 Å². The summed E-state index contributed by atoms with van der Waals surface area (Å²) in [6.07, 6.45) is 1.64. The maximum absolute atomic E-state index is 11.9. The third-order valence-corrected chi connectivity index (χ3v) is 3.30. The fourth-order valence-corrected chi connectivity index (χ4v) is 2.16. The molecule has 0 N–H and O–H groups in total. The number of pyridine rings is 1. The Bertz CT molecular complexity index is 585. The third kappa shape index (κ3) is 2.88. The summed E-state index contributed by atoms with van der Waals surface area (Å²) in [6.45, 7) is 0. The van der Waals surface area contributed by atoms with Crippen LogP contribution in [-0.4, -0.2) is 41.6 Å². The molecule has 1 amide bonds. The van der Waals surface area contributed by atoms with Gasteiger partial charge in [0, 0.05) is 24.9 Å². The van der Waals surface area contributed by atoms with Gasteiger partial charge in [0.05, 0.1) is 19.9 Å². The number of hydrogen-bond acceptors (Lipinski definition) is 6. The zero-order valence-electron chi connectivity index (χ0n) is 10.8. The minimum Gasteiger partial charge on any atom is -0.481 e. The summed E-state index contributed by atoms with van der Waals surface area (Å²) in [7, 11) is 4.54. The van der Waals surface area contributed by atoms with Gasteiger partial charge in [-0.1, -0.05) is 0 Å². The molecule has 0 saturated carbocycles. The average molecular weight is 279 g/mol. The Balaban J connectivity index is 2.27. The minimum absolute atomic E-state index is 0.229. The Morgan fingerprint density at radius 3 is 2.84 bits per heavy atom. The number of ether oxygens (including phenoxy) is 1. The van der Waals surface area contributed by atoms with Crippen LogP contribution in [0.2, 0.25) is 0 Å². The average Bonchev–Trinajstić information content (AvgIpc) is 2.95. The topological polar surface area (TPSA) is 64.5 Å². The predicted molar refractivity (Wildman–Crippen MR) is 71.0 cm³/mol. The fourth-order valence-electron chi connectivity index (χ4n) is 1.43. The molecule has 2 aromatic heterocycles. The van der Waals surface area contributed by atoms with Gasteiger partial charge >= 0.3 is 0 Å². The molecule has 2 rings (SSSR count). The molecule has 0 radical (unpaired) electrons. The van der Waals surface area contributed by atoms with E-state index < -0.39 is 0 Å². The zero-order chi connectivity index (χ0) is 13.8. The second-order valence-electron chi connectivity index (χ2n) is 3.65. The monoisotopic (exact) mass is 279 g/mol. The van der Waals surface area contributed by atoms with Gasteiger partial charge in [-0.15, -0.1) is 0 Å². The van der Waals surface area contributed by atoms with Crippen molar-refractivity contribution in [2.75, 3.05) is 21.3 Å². The molecule has 100 valence electrons. The Kier molecular flexibility index (Phi) is 4.08. The second-order valence-corrected chi connectivity index (χ2v) is 4.45. The van der Waals surface area contributed by atoms with Crippen LogP contribution in [0.15, 0.2) is 24.4 Å². The molecule has 0 bridgehead atoms. The molecule has 0 aliphatic rings. The highest BCUT2D eigenvalue weighted by atomic mass is 32.1. The molecule has 6 nitrogen and oxygen atoms in total. The number of hydroxylamine groups is 2. The Labute approximate surface area is 114 Å². The lowest BCUT2D eigenvalue weighted by atomic mass is 10.2. The number of carbonyl (C=O) groups excluding carboxylic acids is 1. The Morgan fingerprint density at radius 2 is 2.16 bits per heavy atom. The molecule has 0 fully saturated rings. The minimum atomic E-state index is -0.229. The first-order valence-corrected chi connectivity index (χ1v) is 6.22. The summed E-state index contributed by atoms with van der Waals surface area (Å²) in [4.78, 5) is 21.3. The van der Waals surface area contributed by atoms with Gasteiger partial charge in [0.1, 0.15) is 4.88 Å². The smallest absolute Gasteiger partial charge is 0.288 e. The molecular weight excluding hydrogens is 266 g/mol. The van der Waals surface area contributed by atoms with Gasteiger partial charge in [-0.2, -0.15) is 4.37 Å². The molecule has 0 saturated heterocycles. The van der Waals surface area contributed by atoms with Crippen LogP contribution in [0.25, 0.3) is 11.3 Å². The van der Waals surface area contributed by atoms with Crippen molar-refractivity contribution in [1.82, 2.24) is 14.4 Å². The summed E-state index contributed by atoms with van der Waals surface area (Å²) in [5.41, 5.74) is 1.56. The molecule has 7 heteroatoms. The van der Waals surface area contributed by atoms with Crippen molar-refractivity contribution >= 4 is 17.4 Å². The first-order valence-electron chi connectivity index (χ1n) is 5.45. The highest BCUT2D eigenvalue weighted by Gasteiger charge is 2.16. The van der Waals surface area contributed by atoms with E-state index in [9.17, 15) is 4.79 Å². The molecule has 0 aromatic carbocycles. The molecule has 0 aliphatic heterocycles. The van der Waals surface area contributed by atoms with E-state index in [4.69, 9.17) is 9.57 Å². The van der Waals surface area contributed by atoms with Gasteiger partial charge in [0.25, 0.3) is 5.91 Å². The third-order valence-electron chi connectivity index (χ3n) is 2.52. The standard InChI is InChI=1S/C12H13N3O3S/c1-15(18-3)12(16)10-7-9(14-19-10)8-4-5-13-11(6-8)17-2/h4-7H,1-3H3. The summed E-state index contributed by atoms with van der Waals surface area (Å²) in [6, 6.07) is 5.30. The second kappa shape index (κ2) is 5.77. The van der Waals surface area contributed by atoms with Crippen molar-refractivity contribution in [2.24, 2.45) is 0 Å². The van der Waals surface area contributed by atoms with Crippen molar-refractivity contribution in [3.05, 3.63) is 29.3 Å². The van der Waals surface area contributed by atoms with E-state index in [1.54, 1.807) is 32.5 Å². The number of methoxy groups -OCH3 is 1. The van der Waals surface area contributed by atoms with Gasteiger partial charge < -0.3 is 4.74 Å². The van der Waals surface area contributed by atoms with E-state index >= 15 is 0 Å². The van der Waals surface area contributed by atoms with Gasteiger partial charge in [-0.3, -0.25) is 9.63 Å². The maximum Gasteiger partial charge on any atom is 0.288 e. The molecular formula is C12H13N3O3S. The van der Waals surface area contributed by atoms with Crippen LogP contribution in [0, 0.1) is 0 Å². The highest BCUT2D eigenvalue weighted by molar-refractivity contribution is 7.08. The molecule has 0 atom stereocenters. The van der Waals surface area contributed by atoms with Crippen molar-refractivity contribution in [2.45, 2.75) is 0 Å². The van der Waals surface area contributed by atoms with E-state index in [1.807, 2.05) is 6.07 Å². The summed E-state index contributed by atoms with van der Waals surface area (Å²) < 4.78 is 9.31. The van der Waals surface area contributed by atoms with Crippen LogP contribution < -0.4 is 4.74 Å². The van der Waals surface area contributed by atoms with E-state index in [-0.39, 0.29) is 5.91 Å². The van der Waals surface area contributed by atoms with E-state index in [0.717, 1.165) is 22.2 Å². The summed E-state index contributed by atoms with van der Waals surface area (Å²) in [5, 5.41) is 1.16. The zero-order valence-corrected chi connectivity index (χ0v) is 11.6. The van der Waals surface area contributed by atoms with Gasteiger partial charge in [-0.05, 0) is 23.7 Å². The van der Waals surface area contributed by atoms with Crippen molar-refractivity contribution in [3.63, 3.8) is 0 Å². The van der Waals surface area contributed by atoms with Gasteiger partial charge in [-0.25, -0.2) is 10.0 Å². The van der Waals surface area contributed by atoms with Crippen LogP contribution in [0.5, 0.6) is 5.88 Å². The molecule has 2 aromatic rings. The normalized spacial score (nSPS) is 10.3. The SMILES string of the molecule is COc1cc(-c2cc(C(=O)N(C)OC)sn2)ccn1. The highest BCUT2D eigenvalue weighted by Crippen LogP contribution is 2.24. The van der Waals surface area contributed by atoms with Crippen molar-refractivity contribution in [1.29, 1.82) is 0 Å². The summed E-state index contributed by atoms with van der Waals surface area (Å²) >= 11 is 1.13. The number of aromatic nitrogens is 2. The quantitative estimate of drug-likeness (QED) is 0.799. The summed E-state index contributed by atoms with van der Waals surface area (Å²) in [5.74, 6) is 0.277. The van der Waals surface area contributed by atoms with E-state index in [0.29, 0.717) is 16.5 Å². The van der Waals surface area contributed by atoms with E-state index in [2.05, 4.69) is 9.36 Å². The van der Waals surface area contributed by atoms with E-state index in [1.165, 1.54) is 7.11 Å². The van der Waals surface area contributed by atoms with Crippen LogP contribution in [0.4, 0.5) is 0 Å². The largest absolute Gasteiger partial charge is 0.481 e. The van der Waals surface area contributed by atoms with Gasteiger partial charge in [0.2, 0.25) is 5.88 Å². The Hall–Kier alpha value is -1.99. The van der Waals surface area contributed by atoms with Crippen molar-refractivity contribution in [3.8, 4) is 17.1 Å². The number of nitrogens with zero attached hydrogens (tertiary/aromatic N) is 3. The number of carbonyl (C=O) groups is 1. The molecule has 0 unspecified atom stereocenters. The molecule has 0 aliphatic carbocycles. The number of amides is 1. The molecule has 0 spiro atoms. The Morgan fingerprint density at radius 1 is 1.37 bits per heavy atom. The lowest BCUT2D eigenvalue weighted by Gasteiger charge is -2.11. The van der Waals surface area contributed by atoms with Gasteiger partial charge in [0.15, 0.2) is 0 Å². The number of hydrogen-bond donors (Lipinski definition) is 0. The molecule has 2 heterocycles. The maximum atomic E-state index is 11.9. The predicted octanol–water partition coefficient (Wildman–Crippen LogP) is 1.85. The fraction of sp³-hybridized carbons (Fsp3) is 0.250. The first-order chi connectivity index (χ1) is 9.15. The number of rotatable bonds is 4. The molecule has 19 heavy (non-hydrogen) atoms. The lowest BCUT2D eigenvalue weighted by molar-refractivity contribution is -0.0753. The van der Waals surface area contributed by atoms with Crippen molar-refractivity contribution < 1.29 is 14.4 Å². The first kappa shape index (κ1) is 13.4.